The number of hydrogen-bond donors (Lipinski definition) is 2. The number of anilines is 3. The summed E-state index contributed by atoms with van der Waals surface area (Å²) in [7, 11) is 3.91. The maximum atomic E-state index is 13.2. The average molecular weight is 558 g/mol. The van der Waals surface area contributed by atoms with E-state index in [-0.39, 0.29) is 11.8 Å². The van der Waals surface area contributed by atoms with Gasteiger partial charge in [-0.25, -0.2) is 0 Å². The molecule has 3 heterocycles. The van der Waals surface area contributed by atoms with E-state index in [0.717, 1.165) is 66.4 Å². The van der Waals surface area contributed by atoms with Crippen LogP contribution in [0.5, 0.6) is 5.75 Å². The predicted octanol–water partition coefficient (Wildman–Crippen LogP) is 4.42. The van der Waals surface area contributed by atoms with Gasteiger partial charge in [-0.05, 0) is 55.1 Å². The molecular weight excluding hydrogens is 526 g/mol. The molecule has 3 aromatic rings. The highest BCUT2D eigenvalue weighted by Crippen LogP contribution is 2.40. The number of amides is 2. The quantitative estimate of drug-likeness (QED) is 0.437. The van der Waals surface area contributed by atoms with E-state index in [4.69, 9.17) is 16.3 Å². The lowest BCUT2D eigenvalue weighted by atomic mass is 9.98. The standard InChI is InChI=1S/C31H32ClN5O3/c1-35-12-14-37(15-13-35)19-28(38)36(2)24-8-6-23(7-9-24)33-30(21-4-3-20-11-16-40-27(20)17-21)29-25-10-5-22(32)18-26(25)34-31(29)39/h3-10,17-18,33H,11-16,19H2,1-2H3,(H,34,39). The number of hydrogen-bond acceptors (Lipinski definition) is 6. The molecule has 9 heteroatoms. The largest absolute Gasteiger partial charge is 0.493 e. The smallest absolute Gasteiger partial charge is 0.258 e. The summed E-state index contributed by atoms with van der Waals surface area (Å²) in [5.41, 5.74) is 6.27. The number of ether oxygens (including phenoxy) is 1. The molecule has 0 atom stereocenters. The van der Waals surface area contributed by atoms with E-state index in [1.54, 1.807) is 17.0 Å². The molecule has 0 bridgehead atoms. The number of halogens is 1. The van der Waals surface area contributed by atoms with Gasteiger partial charge in [-0.1, -0.05) is 29.8 Å². The van der Waals surface area contributed by atoms with Gasteiger partial charge in [-0.2, -0.15) is 0 Å². The minimum absolute atomic E-state index is 0.0594. The molecule has 40 heavy (non-hydrogen) atoms. The average Bonchev–Trinajstić information content (AvgIpc) is 3.55. The van der Waals surface area contributed by atoms with Crippen molar-refractivity contribution in [2.24, 2.45) is 0 Å². The van der Waals surface area contributed by atoms with Crippen molar-refractivity contribution in [1.29, 1.82) is 0 Å². The minimum atomic E-state index is -0.202. The van der Waals surface area contributed by atoms with E-state index in [1.807, 2.05) is 49.5 Å². The first-order chi connectivity index (χ1) is 19.4. The monoisotopic (exact) mass is 557 g/mol. The van der Waals surface area contributed by atoms with Gasteiger partial charge in [0.05, 0.1) is 30.1 Å². The highest BCUT2D eigenvalue weighted by molar-refractivity contribution is 6.38. The Bertz CT molecular complexity index is 1500. The van der Waals surface area contributed by atoms with Crippen LogP contribution in [0.1, 0.15) is 16.7 Å². The second kappa shape index (κ2) is 11.0. The number of rotatable bonds is 6. The Hall–Kier alpha value is -3.85. The van der Waals surface area contributed by atoms with Crippen LogP contribution in [0.15, 0.2) is 60.7 Å². The number of nitrogens with zero attached hydrogens (tertiary/aromatic N) is 3. The van der Waals surface area contributed by atoms with E-state index in [1.165, 1.54) is 0 Å². The van der Waals surface area contributed by atoms with Crippen molar-refractivity contribution < 1.29 is 14.3 Å². The zero-order chi connectivity index (χ0) is 27.8. The fraction of sp³-hybridized carbons (Fsp3) is 0.290. The molecule has 1 saturated heterocycles. The van der Waals surface area contributed by atoms with Gasteiger partial charge in [-0.15, -0.1) is 0 Å². The van der Waals surface area contributed by atoms with Crippen molar-refractivity contribution in [3.05, 3.63) is 82.4 Å². The van der Waals surface area contributed by atoms with Gasteiger partial charge < -0.3 is 25.2 Å². The van der Waals surface area contributed by atoms with E-state index < -0.39 is 0 Å². The number of benzene rings is 3. The fourth-order valence-corrected chi connectivity index (χ4v) is 5.53. The third-order valence-corrected chi connectivity index (χ3v) is 8.05. The summed E-state index contributed by atoms with van der Waals surface area (Å²) in [6.45, 7) is 4.80. The Kier molecular flexibility index (Phi) is 7.23. The Morgan fingerprint density at radius 3 is 2.60 bits per heavy atom. The lowest BCUT2D eigenvalue weighted by Crippen LogP contribution is -2.48. The van der Waals surface area contributed by atoms with Crippen LogP contribution < -0.4 is 20.3 Å². The van der Waals surface area contributed by atoms with Crippen LogP contribution in [0.25, 0.3) is 11.3 Å². The van der Waals surface area contributed by atoms with Crippen molar-refractivity contribution in [1.82, 2.24) is 9.80 Å². The van der Waals surface area contributed by atoms with Gasteiger partial charge in [-0.3, -0.25) is 14.5 Å². The number of carbonyl (C=O) groups excluding carboxylic acids is 2. The van der Waals surface area contributed by atoms with Crippen molar-refractivity contribution in [2.45, 2.75) is 6.42 Å². The predicted molar refractivity (Wildman–Crippen MR) is 160 cm³/mol. The molecule has 2 amide bonds. The first kappa shape index (κ1) is 26.4. The summed E-state index contributed by atoms with van der Waals surface area (Å²) in [5, 5.41) is 7.00. The Balaban J connectivity index is 1.28. The highest BCUT2D eigenvalue weighted by atomic mass is 35.5. The molecule has 3 aliphatic rings. The molecule has 0 radical (unpaired) electrons. The molecule has 6 rings (SSSR count). The molecule has 0 spiro atoms. The second-order valence-corrected chi connectivity index (χ2v) is 11.0. The number of fused-ring (bicyclic) bond motifs is 2. The van der Waals surface area contributed by atoms with Gasteiger partial charge in [0.2, 0.25) is 5.91 Å². The molecular formula is C31H32ClN5O3. The van der Waals surface area contributed by atoms with Crippen LogP contribution in [-0.2, 0) is 16.0 Å². The van der Waals surface area contributed by atoms with Crippen LogP contribution in [0.2, 0.25) is 5.02 Å². The van der Waals surface area contributed by atoms with Crippen LogP contribution in [0, 0.1) is 0 Å². The van der Waals surface area contributed by atoms with Crippen LogP contribution in [-0.4, -0.2) is 75.0 Å². The molecule has 206 valence electrons. The third kappa shape index (κ3) is 5.30. The summed E-state index contributed by atoms with van der Waals surface area (Å²) in [6.07, 6.45) is 0.874. The lowest BCUT2D eigenvalue weighted by molar-refractivity contribution is -0.119. The topological polar surface area (TPSA) is 77.2 Å². The SMILES string of the molecule is CN1CCN(CC(=O)N(C)c2ccc(NC(=C3C(=O)Nc4cc(Cl)ccc43)c3ccc4c(c3)OCC4)cc2)CC1. The molecule has 2 N–H and O–H groups in total. The first-order valence-electron chi connectivity index (χ1n) is 13.5. The Morgan fingerprint density at radius 2 is 1.82 bits per heavy atom. The van der Waals surface area contributed by atoms with E-state index >= 15 is 0 Å². The fourth-order valence-electron chi connectivity index (χ4n) is 5.35. The zero-order valence-electron chi connectivity index (χ0n) is 22.7. The Labute approximate surface area is 239 Å². The highest BCUT2D eigenvalue weighted by Gasteiger charge is 2.29. The summed E-state index contributed by atoms with van der Waals surface area (Å²) in [5.74, 6) is 0.694. The molecule has 3 aliphatic heterocycles. The van der Waals surface area contributed by atoms with Gasteiger partial charge in [0.15, 0.2) is 0 Å². The van der Waals surface area contributed by atoms with Crippen molar-refractivity contribution in [2.75, 3.05) is 69.0 Å². The van der Waals surface area contributed by atoms with E-state index in [9.17, 15) is 9.59 Å². The number of likely N-dealkylation sites (N-methyl/N-ethyl adjacent to an activating group) is 2. The maximum absolute atomic E-state index is 13.2. The summed E-state index contributed by atoms with van der Waals surface area (Å²) in [4.78, 5) is 32.4. The van der Waals surface area contributed by atoms with Gasteiger partial charge in [0, 0.05) is 67.2 Å². The van der Waals surface area contributed by atoms with Gasteiger partial charge in [0.1, 0.15) is 5.75 Å². The summed E-state index contributed by atoms with van der Waals surface area (Å²) >= 11 is 6.20. The van der Waals surface area contributed by atoms with Crippen LogP contribution in [0.3, 0.4) is 0 Å². The minimum Gasteiger partial charge on any atom is -0.493 e. The van der Waals surface area contributed by atoms with Crippen molar-refractivity contribution in [3.8, 4) is 5.75 Å². The van der Waals surface area contributed by atoms with Crippen molar-refractivity contribution in [3.63, 3.8) is 0 Å². The van der Waals surface area contributed by atoms with Crippen LogP contribution in [0.4, 0.5) is 17.1 Å². The second-order valence-electron chi connectivity index (χ2n) is 10.5. The molecule has 3 aromatic carbocycles. The Morgan fingerprint density at radius 1 is 1.05 bits per heavy atom. The maximum Gasteiger partial charge on any atom is 0.258 e. The lowest BCUT2D eigenvalue weighted by Gasteiger charge is -2.32. The number of nitrogens with one attached hydrogen (secondary N) is 2. The normalized spacial score (nSPS) is 18.0. The number of carbonyl (C=O) groups is 2. The first-order valence-corrected chi connectivity index (χ1v) is 13.9. The summed E-state index contributed by atoms with van der Waals surface area (Å²) < 4.78 is 5.83. The number of piperazine rings is 1. The molecule has 0 aromatic heterocycles. The molecule has 0 saturated carbocycles. The van der Waals surface area contributed by atoms with E-state index in [0.29, 0.717) is 35.1 Å². The summed E-state index contributed by atoms with van der Waals surface area (Å²) in [6, 6.07) is 19.1. The molecule has 0 aliphatic carbocycles. The molecule has 8 nitrogen and oxygen atoms in total. The van der Waals surface area contributed by atoms with Crippen molar-refractivity contribution >= 4 is 51.7 Å². The zero-order valence-corrected chi connectivity index (χ0v) is 23.4. The van der Waals surface area contributed by atoms with E-state index in [2.05, 4.69) is 33.5 Å². The molecule has 1 fully saturated rings. The van der Waals surface area contributed by atoms with Crippen LogP contribution >= 0.6 is 11.6 Å². The van der Waals surface area contributed by atoms with Gasteiger partial charge in [0.25, 0.3) is 5.91 Å². The third-order valence-electron chi connectivity index (χ3n) is 7.81. The molecule has 0 unspecified atom stereocenters. The van der Waals surface area contributed by atoms with Gasteiger partial charge >= 0.3 is 0 Å².